The van der Waals surface area contributed by atoms with Gasteiger partial charge in [-0.15, -0.1) is 0 Å². The van der Waals surface area contributed by atoms with E-state index in [1.165, 1.54) is 58.2 Å². The summed E-state index contributed by atoms with van der Waals surface area (Å²) in [6, 6.07) is 10.3. The Morgan fingerprint density at radius 2 is 1.36 bits per heavy atom. The van der Waals surface area contributed by atoms with Crippen LogP contribution < -0.4 is 4.90 Å². The van der Waals surface area contributed by atoms with Gasteiger partial charge < -0.3 is 0 Å². The van der Waals surface area contributed by atoms with Gasteiger partial charge in [-0.3, -0.25) is 0 Å². The fourth-order valence-corrected chi connectivity index (χ4v) is 3.50. The normalized spacial score (nSPS) is 10.7. The van der Waals surface area contributed by atoms with E-state index >= 15 is 0 Å². The number of anilines is 1. The van der Waals surface area contributed by atoms with Gasteiger partial charge in [-0.2, -0.15) is 0 Å². The molecular formula is C14H9Cl2N3O5Ru. The second kappa shape index (κ2) is 8.24. The molecule has 0 aromatic heterocycles. The molecule has 1 amide bonds. The van der Waals surface area contributed by atoms with Crippen molar-refractivity contribution in [2.45, 2.75) is 0 Å². The molecule has 2 aromatic carbocycles. The van der Waals surface area contributed by atoms with E-state index in [9.17, 15) is 25.0 Å². The van der Waals surface area contributed by atoms with Crippen molar-refractivity contribution in [3.05, 3.63) is 74.3 Å². The Bertz CT molecular complexity index is 852. The van der Waals surface area contributed by atoms with Gasteiger partial charge in [-0.05, 0) is 0 Å². The van der Waals surface area contributed by atoms with Crippen molar-refractivity contribution in [3.8, 4) is 0 Å². The monoisotopic (exact) mass is 471 g/mol. The second-order valence-corrected chi connectivity index (χ2v) is 10.2. The first kappa shape index (κ1) is 19.1. The summed E-state index contributed by atoms with van der Waals surface area (Å²) in [5, 5.41) is 21.4. The van der Waals surface area contributed by atoms with E-state index in [0.29, 0.717) is 5.69 Å². The number of hydrogen-bond donors (Lipinski definition) is 0. The minimum absolute atomic E-state index is 0.127. The summed E-state index contributed by atoms with van der Waals surface area (Å²) in [6.07, 6.45) is 0. The molecule has 11 heteroatoms. The Labute approximate surface area is 154 Å². The average Bonchev–Trinajstić information content (AvgIpc) is 2.59. The van der Waals surface area contributed by atoms with Crippen LogP contribution in [0.2, 0.25) is 0 Å². The molecule has 0 aliphatic rings. The zero-order valence-electron chi connectivity index (χ0n) is 12.2. The number of carbonyl (C=O) groups excluding carboxylic acids is 1. The Hall–Kier alpha value is -2.22. The van der Waals surface area contributed by atoms with Crippen LogP contribution in [0.25, 0.3) is 0 Å². The van der Waals surface area contributed by atoms with Gasteiger partial charge in [-0.25, -0.2) is 0 Å². The number of rotatable bonds is 5. The van der Waals surface area contributed by atoms with E-state index in [2.05, 4.69) is 0 Å². The van der Waals surface area contributed by atoms with E-state index < -0.39 is 29.3 Å². The van der Waals surface area contributed by atoms with Crippen LogP contribution in [-0.2, 0) is 13.5 Å². The standard InChI is InChI=1S/C14H9N3O5.2ClH.Ru/c1-15(11-6-8-13(9-7-11)17(21)22)14(18)10-2-4-12(5-3-10)16(19)20;;;/h1-9H;2*1H;/q;;;+2/p-2. The topological polar surface area (TPSA) is 107 Å². The van der Waals surface area contributed by atoms with Gasteiger partial charge in [0.05, 0.1) is 0 Å². The molecule has 2 aromatic rings. The number of benzene rings is 2. The van der Waals surface area contributed by atoms with Gasteiger partial charge in [0.15, 0.2) is 0 Å². The van der Waals surface area contributed by atoms with Crippen LogP contribution in [0.15, 0.2) is 48.5 Å². The van der Waals surface area contributed by atoms with Gasteiger partial charge in [0.2, 0.25) is 0 Å². The Balaban J connectivity index is 2.39. The first-order valence-electron chi connectivity index (χ1n) is 6.45. The molecule has 132 valence electrons. The summed E-state index contributed by atoms with van der Waals surface area (Å²) in [4.78, 5) is 34.1. The van der Waals surface area contributed by atoms with E-state index in [0.717, 1.165) is 0 Å². The number of non-ortho nitro benzene ring substituents is 2. The summed E-state index contributed by atoms with van der Waals surface area (Å²) in [5.41, 5.74) is 0.250. The van der Waals surface area contributed by atoms with Gasteiger partial charge >= 0.3 is 154 Å². The molecule has 0 atom stereocenters. The van der Waals surface area contributed by atoms with E-state index in [4.69, 9.17) is 19.4 Å². The third-order valence-corrected chi connectivity index (χ3v) is 4.65. The predicted octanol–water partition coefficient (Wildman–Crippen LogP) is 3.84. The van der Waals surface area contributed by atoms with Crippen LogP contribution in [0.5, 0.6) is 0 Å². The molecule has 0 N–H and O–H groups in total. The Morgan fingerprint density at radius 1 is 0.920 bits per heavy atom. The van der Waals surface area contributed by atoms with Crippen molar-refractivity contribution in [2.75, 3.05) is 4.90 Å². The third-order valence-electron chi connectivity index (χ3n) is 3.04. The first-order chi connectivity index (χ1) is 11.8. The summed E-state index contributed by atoms with van der Waals surface area (Å²) >= 11 is -2.40. The number of amides is 1. The summed E-state index contributed by atoms with van der Waals surface area (Å²) < 4.78 is 1.36. The molecule has 0 aliphatic carbocycles. The molecule has 0 radical (unpaired) electrons. The molecule has 0 fully saturated rings. The minimum atomic E-state index is -2.40. The number of hydrogen-bond acceptors (Lipinski definition) is 5. The van der Waals surface area contributed by atoms with Crippen molar-refractivity contribution >= 4 is 47.1 Å². The van der Waals surface area contributed by atoms with Gasteiger partial charge in [0.25, 0.3) is 0 Å². The Morgan fingerprint density at radius 3 is 1.76 bits per heavy atom. The average molecular weight is 471 g/mol. The van der Waals surface area contributed by atoms with E-state index in [1.807, 2.05) is 0 Å². The van der Waals surface area contributed by atoms with Crippen LogP contribution >= 0.6 is 19.4 Å². The predicted molar refractivity (Wildman–Crippen MR) is 90.8 cm³/mol. The van der Waals surface area contributed by atoms with Crippen molar-refractivity contribution in [1.29, 1.82) is 0 Å². The van der Waals surface area contributed by atoms with Crippen molar-refractivity contribution < 1.29 is 28.2 Å². The summed E-state index contributed by atoms with van der Waals surface area (Å²) in [5.74, 6) is -0.510. The number of nitrogens with zero attached hydrogens (tertiary/aromatic N) is 3. The van der Waals surface area contributed by atoms with Gasteiger partial charge in [-0.1, -0.05) is 0 Å². The fourth-order valence-electron chi connectivity index (χ4n) is 1.88. The van der Waals surface area contributed by atoms with Crippen LogP contribution in [0.1, 0.15) is 10.4 Å². The molecule has 0 saturated carbocycles. The van der Waals surface area contributed by atoms with Crippen molar-refractivity contribution in [3.63, 3.8) is 0 Å². The molecule has 0 heterocycles. The number of nitro groups is 2. The van der Waals surface area contributed by atoms with E-state index in [1.54, 1.807) is 0 Å². The zero-order valence-corrected chi connectivity index (χ0v) is 15.4. The maximum atomic E-state index is 12.7. The molecule has 0 unspecified atom stereocenters. The SMILES string of the molecule is O=C(c1ccc([N+](=O)[O-])cc1)N([CH]=[Ru]([Cl])[Cl])c1ccc([N+](=O)[O-])cc1. The third kappa shape index (κ3) is 4.88. The van der Waals surface area contributed by atoms with Crippen LogP contribution in [-0.4, -0.2) is 20.5 Å². The van der Waals surface area contributed by atoms with Gasteiger partial charge in [0.1, 0.15) is 0 Å². The number of halogens is 2. The zero-order chi connectivity index (χ0) is 18.6. The molecule has 0 saturated heterocycles. The molecule has 0 aliphatic heterocycles. The van der Waals surface area contributed by atoms with Gasteiger partial charge in [0, 0.05) is 0 Å². The molecular weight excluding hydrogens is 462 g/mol. The molecule has 0 bridgehead atoms. The molecule has 25 heavy (non-hydrogen) atoms. The summed E-state index contributed by atoms with van der Waals surface area (Å²) in [6.45, 7) is 0. The maximum absolute atomic E-state index is 12.7. The number of nitro benzene ring substituents is 2. The van der Waals surface area contributed by atoms with Crippen molar-refractivity contribution in [1.82, 2.24) is 0 Å². The van der Waals surface area contributed by atoms with E-state index in [-0.39, 0.29) is 16.9 Å². The molecule has 8 nitrogen and oxygen atoms in total. The molecule has 2 rings (SSSR count). The molecule has 0 spiro atoms. The van der Waals surface area contributed by atoms with Crippen LogP contribution in [0.4, 0.5) is 17.1 Å². The van der Waals surface area contributed by atoms with Crippen LogP contribution in [0.3, 0.4) is 0 Å². The summed E-state index contributed by atoms with van der Waals surface area (Å²) in [7, 11) is 11.7. The second-order valence-electron chi connectivity index (χ2n) is 4.55. The Kier molecular flexibility index (Phi) is 6.30. The fraction of sp³-hybridized carbons (Fsp3) is 0. The quantitative estimate of drug-likeness (QED) is 0.374. The number of carbonyl (C=O) groups is 1. The van der Waals surface area contributed by atoms with Crippen molar-refractivity contribution in [2.24, 2.45) is 0 Å². The first-order valence-corrected chi connectivity index (χ1v) is 11.9. The van der Waals surface area contributed by atoms with Crippen LogP contribution in [0, 0.1) is 20.2 Å².